The van der Waals surface area contributed by atoms with Crippen LogP contribution in [0.5, 0.6) is 0 Å². The van der Waals surface area contributed by atoms with Gasteiger partial charge in [0.05, 0.1) is 6.20 Å². The zero-order chi connectivity index (χ0) is 11.4. The second kappa shape index (κ2) is 4.75. The highest BCUT2D eigenvalue weighted by molar-refractivity contribution is 5.96. The van der Waals surface area contributed by atoms with Crippen LogP contribution in [0.3, 0.4) is 0 Å². The molecule has 2 aromatic rings. The molecule has 2 rings (SSSR count). The fourth-order valence-electron chi connectivity index (χ4n) is 1.63. The van der Waals surface area contributed by atoms with Crippen molar-refractivity contribution in [3.63, 3.8) is 0 Å². The average molecular weight is 214 g/mol. The molecule has 0 bridgehead atoms. The molecule has 0 spiro atoms. The lowest BCUT2D eigenvalue weighted by Crippen LogP contribution is -2.00. The van der Waals surface area contributed by atoms with Crippen molar-refractivity contribution in [2.75, 3.05) is 0 Å². The van der Waals surface area contributed by atoms with Crippen LogP contribution in [-0.4, -0.2) is 15.6 Å². The molecule has 0 radical (unpaired) electrons. The monoisotopic (exact) mass is 214 g/mol. The highest BCUT2D eigenvalue weighted by Crippen LogP contribution is 2.07. The lowest BCUT2D eigenvalue weighted by atomic mass is 10.0. The Morgan fingerprint density at radius 3 is 2.69 bits per heavy atom. The zero-order valence-electron chi connectivity index (χ0n) is 9.26. The van der Waals surface area contributed by atoms with Gasteiger partial charge >= 0.3 is 0 Å². The molecule has 0 aliphatic carbocycles. The number of ketones is 1. The first-order valence-electron chi connectivity index (χ1n) is 5.31. The van der Waals surface area contributed by atoms with Gasteiger partial charge in [0.2, 0.25) is 0 Å². The van der Waals surface area contributed by atoms with E-state index in [1.54, 1.807) is 10.9 Å². The number of benzene rings is 1. The average Bonchev–Trinajstić information content (AvgIpc) is 2.73. The molecule has 0 atom stereocenters. The Kier molecular flexibility index (Phi) is 3.15. The Balaban J connectivity index is 1.94. The quantitative estimate of drug-likeness (QED) is 0.731. The summed E-state index contributed by atoms with van der Waals surface area (Å²) < 4.78 is 1.75. The van der Waals surface area contributed by atoms with Crippen molar-refractivity contribution in [1.29, 1.82) is 0 Å². The van der Waals surface area contributed by atoms with Crippen molar-refractivity contribution in [1.82, 2.24) is 9.78 Å². The van der Waals surface area contributed by atoms with E-state index in [2.05, 4.69) is 5.10 Å². The highest BCUT2D eigenvalue weighted by atomic mass is 16.1. The fourth-order valence-corrected chi connectivity index (χ4v) is 1.63. The zero-order valence-corrected chi connectivity index (χ0v) is 9.26. The van der Waals surface area contributed by atoms with Gasteiger partial charge in [0.1, 0.15) is 0 Å². The van der Waals surface area contributed by atoms with E-state index in [0.29, 0.717) is 6.42 Å². The number of carbonyl (C=O) groups excluding carboxylic acids is 1. The van der Waals surface area contributed by atoms with Gasteiger partial charge in [0.15, 0.2) is 5.78 Å². The summed E-state index contributed by atoms with van der Waals surface area (Å²) >= 11 is 0. The van der Waals surface area contributed by atoms with Crippen LogP contribution < -0.4 is 0 Å². The summed E-state index contributed by atoms with van der Waals surface area (Å²) in [5, 5.41) is 4.07. The summed E-state index contributed by atoms with van der Waals surface area (Å²) in [6.45, 7) is 0. The first-order chi connectivity index (χ1) is 7.75. The van der Waals surface area contributed by atoms with Crippen LogP contribution in [-0.2, 0) is 13.5 Å². The highest BCUT2D eigenvalue weighted by Gasteiger charge is 2.05. The molecule has 0 amide bonds. The van der Waals surface area contributed by atoms with Crippen molar-refractivity contribution in [2.24, 2.45) is 7.05 Å². The summed E-state index contributed by atoms with van der Waals surface area (Å²) in [7, 11) is 1.88. The molecule has 3 nitrogen and oxygen atoms in total. The number of hydrogen-bond acceptors (Lipinski definition) is 2. The number of nitrogens with zero attached hydrogens (tertiary/aromatic N) is 2. The maximum Gasteiger partial charge on any atom is 0.163 e. The molecule has 0 aliphatic rings. The van der Waals surface area contributed by atoms with Crippen LogP contribution in [0.1, 0.15) is 22.3 Å². The first kappa shape index (κ1) is 10.6. The van der Waals surface area contributed by atoms with Gasteiger partial charge in [-0.05, 0) is 12.0 Å². The number of aryl methyl sites for hydroxylation is 2. The Morgan fingerprint density at radius 2 is 2.06 bits per heavy atom. The third-order valence-corrected chi connectivity index (χ3v) is 2.49. The van der Waals surface area contributed by atoms with Crippen LogP contribution in [0.15, 0.2) is 42.7 Å². The Hall–Kier alpha value is -1.90. The van der Waals surface area contributed by atoms with Crippen LogP contribution in [0.25, 0.3) is 0 Å². The minimum absolute atomic E-state index is 0.185. The van der Waals surface area contributed by atoms with E-state index in [-0.39, 0.29) is 5.78 Å². The Bertz CT molecular complexity index is 474. The van der Waals surface area contributed by atoms with E-state index in [1.807, 2.05) is 43.6 Å². The third-order valence-electron chi connectivity index (χ3n) is 2.49. The summed E-state index contributed by atoms with van der Waals surface area (Å²) in [5.41, 5.74) is 1.89. The molecular formula is C13H14N2O. The molecule has 3 heteroatoms. The van der Waals surface area contributed by atoms with E-state index in [4.69, 9.17) is 0 Å². The van der Waals surface area contributed by atoms with E-state index in [9.17, 15) is 4.79 Å². The molecule has 0 aliphatic heterocycles. The number of rotatable bonds is 4. The van der Waals surface area contributed by atoms with Crippen LogP contribution in [0.4, 0.5) is 0 Å². The molecule has 1 aromatic heterocycles. The van der Waals surface area contributed by atoms with Crippen molar-refractivity contribution < 1.29 is 4.79 Å². The van der Waals surface area contributed by atoms with Gasteiger partial charge in [-0.25, -0.2) is 0 Å². The lowest BCUT2D eigenvalue weighted by molar-refractivity contribution is 0.0983. The summed E-state index contributed by atoms with van der Waals surface area (Å²) in [6, 6.07) is 9.39. The van der Waals surface area contributed by atoms with E-state index < -0.39 is 0 Å². The molecule has 16 heavy (non-hydrogen) atoms. The molecule has 0 unspecified atom stereocenters. The molecule has 82 valence electrons. The van der Waals surface area contributed by atoms with E-state index >= 15 is 0 Å². The number of carbonyl (C=O) groups is 1. The summed E-state index contributed by atoms with van der Waals surface area (Å²) in [5.74, 6) is 0.185. The Labute approximate surface area is 94.7 Å². The van der Waals surface area contributed by atoms with Gasteiger partial charge in [0, 0.05) is 25.2 Å². The summed E-state index contributed by atoms with van der Waals surface area (Å²) in [4.78, 5) is 11.8. The van der Waals surface area contributed by atoms with Gasteiger partial charge < -0.3 is 0 Å². The van der Waals surface area contributed by atoms with E-state index in [1.165, 1.54) is 0 Å². The maximum atomic E-state index is 11.8. The van der Waals surface area contributed by atoms with Crippen molar-refractivity contribution in [3.8, 4) is 0 Å². The fraction of sp³-hybridized carbons (Fsp3) is 0.231. The molecular weight excluding hydrogens is 200 g/mol. The van der Waals surface area contributed by atoms with E-state index in [0.717, 1.165) is 17.5 Å². The predicted molar refractivity (Wildman–Crippen MR) is 62.3 cm³/mol. The molecule has 0 fully saturated rings. The Morgan fingerprint density at radius 1 is 1.31 bits per heavy atom. The second-order valence-corrected chi connectivity index (χ2v) is 3.81. The minimum Gasteiger partial charge on any atom is -0.294 e. The van der Waals surface area contributed by atoms with Gasteiger partial charge in [-0.3, -0.25) is 9.48 Å². The second-order valence-electron chi connectivity index (χ2n) is 3.81. The van der Waals surface area contributed by atoms with Crippen LogP contribution in [0, 0.1) is 0 Å². The van der Waals surface area contributed by atoms with Crippen LogP contribution in [0.2, 0.25) is 0 Å². The molecule has 0 saturated heterocycles. The van der Waals surface area contributed by atoms with Crippen LogP contribution >= 0.6 is 0 Å². The first-order valence-corrected chi connectivity index (χ1v) is 5.31. The molecule has 0 N–H and O–H groups in total. The number of hydrogen-bond donors (Lipinski definition) is 0. The largest absolute Gasteiger partial charge is 0.294 e. The molecule has 0 saturated carbocycles. The van der Waals surface area contributed by atoms with Crippen molar-refractivity contribution in [3.05, 3.63) is 53.9 Å². The standard InChI is InChI=1S/C13H14N2O/c1-15-10-11(9-14-15)7-8-13(16)12-5-3-2-4-6-12/h2-6,9-10H,7-8H2,1H3. The number of Topliss-reactive ketones (excluding diaryl/α,β-unsaturated/α-hetero) is 1. The number of aromatic nitrogens is 2. The predicted octanol–water partition coefficient (Wildman–Crippen LogP) is 2.24. The van der Waals surface area contributed by atoms with Gasteiger partial charge in [-0.1, -0.05) is 30.3 Å². The molecule has 1 aromatic carbocycles. The van der Waals surface area contributed by atoms with Gasteiger partial charge in [-0.2, -0.15) is 5.10 Å². The molecule has 1 heterocycles. The SMILES string of the molecule is Cn1cc(CCC(=O)c2ccccc2)cn1. The minimum atomic E-state index is 0.185. The third kappa shape index (κ3) is 2.57. The lowest BCUT2D eigenvalue weighted by Gasteiger charge is -1.98. The van der Waals surface area contributed by atoms with Gasteiger partial charge in [0.25, 0.3) is 0 Å². The van der Waals surface area contributed by atoms with Crippen molar-refractivity contribution >= 4 is 5.78 Å². The maximum absolute atomic E-state index is 11.8. The van der Waals surface area contributed by atoms with Crippen molar-refractivity contribution in [2.45, 2.75) is 12.8 Å². The van der Waals surface area contributed by atoms with Gasteiger partial charge in [-0.15, -0.1) is 0 Å². The summed E-state index contributed by atoms with van der Waals surface area (Å²) in [6.07, 6.45) is 5.04. The smallest absolute Gasteiger partial charge is 0.163 e. The normalized spacial score (nSPS) is 10.3. The topological polar surface area (TPSA) is 34.9 Å².